The minimum Gasteiger partial charge on any atom is -0.392 e. The number of amides is 1. The van der Waals surface area contributed by atoms with E-state index in [2.05, 4.69) is 5.32 Å². The Morgan fingerprint density at radius 1 is 1.35 bits per heavy atom. The lowest BCUT2D eigenvalue weighted by atomic mass is 10.2. The molecule has 94 valence electrons. The summed E-state index contributed by atoms with van der Waals surface area (Å²) in [5.41, 5.74) is 1.22. The van der Waals surface area contributed by atoms with Crippen molar-refractivity contribution < 1.29 is 18.3 Å². The molecule has 0 saturated carbocycles. The molecule has 1 rings (SSSR count). The van der Waals surface area contributed by atoms with E-state index in [-0.39, 0.29) is 6.61 Å². The van der Waals surface area contributed by atoms with Crippen molar-refractivity contribution in [3.05, 3.63) is 29.8 Å². The van der Waals surface area contributed by atoms with Crippen molar-refractivity contribution in [2.24, 2.45) is 0 Å². The Morgan fingerprint density at radius 3 is 2.29 bits per heavy atom. The zero-order chi connectivity index (χ0) is 13.1. The molecule has 0 heterocycles. The fourth-order valence-electron chi connectivity index (χ4n) is 1.13. The van der Waals surface area contributed by atoms with Crippen LogP contribution in [0.3, 0.4) is 0 Å². The number of hydrogen-bond donors (Lipinski definition) is 2. The molecule has 17 heavy (non-hydrogen) atoms. The van der Waals surface area contributed by atoms with E-state index in [0.717, 1.165) is 11.8 Å². The van der Waals surface area contributed by atoms with Crippen molar-refractivity contribution in [3.63, 3.8) is 0 Å². The Bertz CT molecular complexity index is 493. The van der Waals surface area contributed by atoms with Gasteiger partial charge >= 0.3 is 0 Å². The fourth-order valence-corrected chi connectivity index (χ4v) is 1.58. The molecule has 2 N–H and O–H groups in total. The summed E-state index contributed by atoms with van der Waals surface area (Å²) in [5, 5.41) is 10.3. The molecule has 0 spiro atoms. The molecule has 1 unspecified atom stereocenters. The highest BCUT2D eigenvalue weighted by molar-refractivity contribution is 7.92. The Morgan fingerprint density at radius 2 is 1.88 bits per heavy atom. The smallest absolute Gasteiger partial charge is 0.242 e. The number of hydrogen-bond acceptors (Lipinski definition) is 4. The van der Waals surface area contributed by atoms with Crippen LogP contribution in [-0.2, 0) is 21.2 Å². The fraction of sp³-hybridized carbons (Fsp3) is 0.364. The van der Waals surface area contributed by atoms with Crippen molar-refractivity contribution in [2.75, 3.05) is 11.6 Å². The highest BCUT2D eigenvalue weighted by atomic mass is 32.2. The second kappa shape index (κ2) is 5.29. The minimum atomic E-state index is -3.39. The van der Waals surface area contributed by atoms with Crippen LogP contribution in [0.15, 0.2) is 24.3 Å². The van der Waals surface area contributed by atoms with Crippen LogP contribution in [-0.4, -0.2) is 30.9 Å². The Kier molecular flexibility index (Phi) is 4.25. The molecule has 0 fully saturated rings. The van der Waals surface area contributed by atoms with Gasteiger partial charge in [-0.1, -0.05) is 12.1 Å². The van der Waals surface area contributed by atoms with E-state index < -0.39 is 21.0 Å². The van der Waals surface area contributed by atoms with Crippen LogP contribution in [0.25, 0.3) is 0 Å². The van der Waals surface area contributed by atoms with Gasteiger partial charge in [0.1, 0.15) is 5.25 Å². The molecule has 0 aliphatic heterocycles. The Balaban J connectivity index is 2.74. The van der Waals surface area contributed by atoms with Crippen LogP contribution in [0, 0.1) is 0 Å². The van der Waals surface area contributed by atoms with Gasteiger partial charge < -0.3 is 10.4 Å². The number of rotatable bonds is 4. The summed E-state index contributed by atoms with van der Waals surface area (Å²) in [6.07, 6.45) is 1.02. The number of nitrogens with one attached hydrogen (secondary N) is 1. The van der Waals surface area contributed by atoms with Crippen LogP contribution in [0.5, 0.6) is 0 Å². The minimum absolute atomic E-state index is 0.0754. The van der Waals surface area contributed by atoms with Crippen LogP contribution in [0.4, 0.5) is 5.69 Å². The number of anilines is 1. The van der Waals surface area contributed by atoms with Crippen LogP contribution >= 0.6 is 0 Å². The predicted molar refractivity (Wildman–Crippen MR) is 65.3 cm³/mol. The summed E-state index contributed by atoms with van der Waals surface area (Å²) in [5.74, 6) is -0.566. The molecule has 5 nitrogen and oxygen atoms in total. The molecule has 1 atom stereocenters. The summed E-state index contributed by atoms with van der Waals surface area (Å²) in [6, 6.07) is 6.53. The van der Waals surface area contributed by atoms with E-state index in [1.54, 1.807) is 24.3 Å². The van der Waals surface area contributed by atoms with Crippen LogP contribution in [0.1, 0.15) is 12.5 Å². The lowest BCUT2D eigenvalue weighted by Gasteiger charge is -2.10. The normalized spacial score (nSPS) is 13.1. The molecule has 1 amide bonds. The molecular weight excluding hydrogens is 242 g/mol. The zero-order valence-corrected chi connectivity index (χ0v) is 10.5. The summed E-state index contributed by atoms with van der Waals surface area (Å²) in [7, 11) is -3.39. The topological polar surface area (TPSA) is 83.5 Å². The molecule has 6 heteroatoms. The maximum Gasteiger partial charge on any atom is 0.242 e. The van der Waals surface area contributed by atoms with E-state index >= 15 is 0 Å². The van der Waals surface area contributed by atoms with Gasteiger partial charge in [-0.3, -0.25) is 4.79 Å². The molecule has 0 aliphatic carbocycles. The van der Waals surface area contributed by atoms with Crippen molar-refractivity contribution in [1.82, 2.24) is 0 Å². The predicted octanol–water partition coefficient (Wildman–Crippen LogP) is 0.550. The average molecular weight is 257 g/mol. The first-order valence-corrected chi connectivity index (χ1v) is 6.99. The number of sulfone groups is 1. The molecule has 0 bridgehead atoms. The lowest BCUT2D eigenvalue weighted by molar-refractivity contribution is -0.115. The summed E-state index contributed by atoms with van der Waals surface area (Å²) in [4.78, 5) is 11.6. The number of carbonyl (C=O) groups is 1. The van der Waals surface area contributed by atoms with Crippen molar-refractivity contribution in [1.29, 1.82) is 0 Å². The van der Waals surface area contributed by atoms with Crippen molar-refractivity contribution in [2.45, 2.75) is 18.8 Å². The second-order valence-electron chi connectivity index (χ2n) is 3.82. The maximum atomic E-state index is 11.6. The van der Waals surface area contributed by atoms with Gasteiger partial charge in [-0.25, -0.2) is 8.42 Å². The largest absolute Gasteiger partial charge is 0.392 e. The SMILES string of the molecule is CC(C(=O)Nc1ccc(CO)cc1)S(C)(=O)=O. The molecule has 0 saturated heterocycles. The van der Waals surface area contributed by atoms with Gasteiger partial charge in [-0.05, 0) is 24.6 Å². The molecule has 0 aromatic heterocycles. The second-order valence-corrected chi connectivity index (χ2v) is 6.18. The van der Waals surface area contributed by atoms with Gasteiger partial charge in [-0.15, -0.1) is 0 Å². The third-order valence-electron chi connectivity index (χ3n) is 2.42. The number of aliphatic hydroxyl groups is 1. The summed E-state index contributed by atoms with van der Waals surface area (Å²) in [6.45, 7) is 1.26. The van der Waals surface area contributed by atoms with Crippen LogP contribution in [0.2, 0.25) is 0 Å². The quantitative estimate of drug-likeness (QED) is 0.825. The first kappa shape index (κ1) is 13.7. The van der Waals surface area contributed by atoms with E-state index in [1.807, 2.05) is 0 Å². The third kappa shape index (κ3) is 3.83. The monoisotopic (exact) mass is 257 g/mol. The maximum absolute atomic E-state index is 11.6. The van der Waals surface area contributed by atoms with E-state index in [9.17, 15) is 13.2 Å². The first-order chi connectivity index (χ1) is 7.84. The number of aliphatic hydroxyl groups excluding tert-OH is 1. The number of carbonyl (C=O) groups excluding carboxylic acids is 1. The zero-order valence-electron chi connectivity index (χ0n) is 9.67. The number of benzene rings is 1. The first-order valence-electron chi connectivity index (χ1n) is 5.04. The molecule has 1 aromatic rings. The Hall–Kier alpha value is -1.40. The highest BCUT2D eigenvalue weighted by Crippen LogP contribution is 2.11. The van der Waals surface area contributed by atoms with Gasteiger partial charge in [0.15, 0.2) is 9.84 Å². The Labute approximate surface area is 100 Å². The van der Waals surface area contributed by atoms with Gasteiger partial charge in [0.25, 0.3) is 0 Å². The highest BCUT2D eigenvalue weighted by Gasteiger charge is 2.23. The van der Waals surface area contributed by atoms with E-state index in [4.69, 9.17) is 5.11 Å². The third-order valence-corrected chi connectivity index (χ3v) is 3.91. The van der Waals surface area contributed by atoms with Crippen molar-refractivity contribution >= 4 is 21.4 Å². The lowest BCUT2D eigenvalue weighted by Crippen LogP contribution is -2.31. The van der Waals surface area contributed by atoms with E-state index in [1.165, 1.54) is 6.92 Å². The molecule has 1 aromatic carbocycles. The van der Waals surface area contributed by atoms with Crippen LogP contribution < -0.4 is 5.32 Å². The molecule has 0 radical (unpaired) electrons. The molecular formula is C11H15NO4S. The summed E-state index contributed by atoms with van der Waals surface area (Å²) < 4.78 is 22.3. The summed E-state index contributed by atoms with van der Waals surface area (Å²) >= 11 is 0. The molecule has 0 aliphatic rings. The average Bonchev–Trinajstić information content (AvgIpc) is 2.27. The van der Waals surface area contributed by atoms with Gasteiger partial charge in [-0.2, -0.15) is 0 Å². The standard InChI is InChI=1S/C11H15NO4S/c1-8(17(2,15)16)11(14)12-10-5-3-9(7-13)4-6-10/h3-6,8,13H,7H2,1-2H3,(H,12,14). The van der Waals surface area contributed by atoms with E-state index in [0.29, 0.717) is 5.69 Å². The van der Waals surface area contributed by atoms with Gasteiger partial charge in [0.05, 0.1) is 6.61 Å². The van der Waals surface area contributed by atoms with Crippen molar-refractivity contribution in [3.8, 4) is 0 Å². The van der Waals surface area contributed by atoms with Gasteiger partial charge in [0.2, 0.25) is 5.91 Å². The van der Waals surface area contributed by atoms with Gasteiger partial charge in [0, 0.05) is 11.9 Å².